The number of H-pyrrole nitrogens is 1. The molecule has 0 aromatic carbocycles. The Kier molecular flexibility index (Phi) is 1.36. The lowest BCUT2D eigenvalue weighted by molar-refractivity contribution is 0.179. The third-order valence-electron chi connectivity index (χ3n) is 1.71. The van der Waals surface area contributed by atoms with Crippen molar-refractivity contribution < 1.29 is 5.11 Å². The number of hydrogen-bond donors (Lipinski definition) is 1. The largest absolute Gasteiger partial charge is 0.346 e. The smallest absolute Gasteiger partial charge is 0.137 e. The quantitative estimate of drug-likeness (QED) is 0.652. The zero-order valence-electron chi connectivity index (χ0n) is 5.87. The molecule has 2 rings (SSSR count). The van der Waals surface area contributed by atoms with Crippen LogP contribution in [0.4, 0.5) is 0 Å². The molecule has 0 aliphatic rings. The van der Waals surface area contributed by atoms with E-state index in [9.17, 15) is 5.11 Å². The topological polar surface area (TPSA) is 48.6 Å². The number of nitrogens with one attached hydrogen (secondary N) is 1. The van der Waals surface area contributed by atoms with Crippen molar-refractivity contribution in [3.05, 3.63) is 30.1 Å². The van der Waals surface area contributed by atoms with Gasteiger partial charge in [0.2, 0.25) is 0 Å². The van der Waals surface area contributed by atoms with Gasteiger partial charge in [0.25, 0.3) is 0 Å². The summed E-state index contributed by atoms with van der Waals surface area (Å²) in [5.41, 5.74) is 1.59. The van der Waals surface area contributed by atoms with Crippen molar-refractivity contribution in [1.82, 2.24) is 9.97 Å². The van der Waals surface area contributed by atoms with Crippen molar-refractivity contribution in [2.45, 2.75) is 6.61 Å². The van der Waals surface area contributed by atoms with Gasteiger partial charge in [-0.2, -0.15) is 0 Å². The summed E-state index contributed by atoms with van der Waals surface area (Å²) in [7, 11) is 0. The molecule has 0 aliphatic carbocycles. The molecule has 2 aromatic rings. The average molecular weight is 147 g/mol. The molecule has 0 unspecified atom stereocenters. The maximum Gasteiger partial charge on any atom is 0.137 e. The fourth-order valence-electron chi connectivity index (χ4n) is 1.14. The minimum atomic E-state index is -0.184. The summed E-state index contributed by atoms with van der Waals surface area (Å²) >= 11 is 0. The normalized spacial score (nSPS) is 10.6. The highest BCUT2D eigenvalue weighted by Crippen LogP contribution is 2.14. The van der Waals surface area contributed by atoms with Gasteiger partial charge < -0.3 is 4.98 Å². The van der Waals surface area contributed by atoms with Gasteiger partial charge in [0, 0.05) is 17.8 Å². The molecule has 1 N–H and O–H groups in total. The van der Waals surface area contributed by atoms with Gasteiger partial charge in [-0.05, 0) is 17.7 Å². The van der Waals surface area contributed by atoms with Crippen LogP contribution in [0.15, 0.2) is 24.5 Å². The predicted octanol–water partition coefficient (Wildman–Crippen LogP) is 1.49. The van der Waals surface area contributed by atoms with Crippen molar-refractivity contribution >= 4 is 11.0 Å². The van der Waals surface area contributed by atoms with Gasteiger partial charge in [-0.15, -0.1) is 0 Å². The van der Waals surface area contributed by atoms with Gasteiger partial charge in [-0.3, -0.25) is 0 Å². The van der Waals surface area contributed by atoms with E-state index < -0.39 is 0 Å². The summed E-state index contributed by atoms with van der Waals surface area (Å²) in [5.74, 6) is 0. The average Bonchev–Trinajstić information content (AvgIpc) is 2.50. The lowest BCUT2D eigenvalue weighted by Gasteiger charge is -1.94. The van der Waals surface area contributed by atoms with Crippen LogP contribution in [0.2, 0.25) is 0 Å². The Hall–Kier alpha value is -1.35. The number of hydrogen-bond acceptors (Lipinski definition) is 1. The number of nitrogens with zero attached hydrogens (tertiary/aromatic N) is 1. The standard InChI is InChI=1S/C8H7N2O/c11-5-6-1-3-9-8-7(6)2-4-10-8/h1-4H,5H2,(H,9,10). The van der Waals surface area contributed by atoms with Crippen LogP contribution in [0.5, 0.6) is 0 Å². The van der Waals surface area contributed by atoms with Crippen molar-refractivity contribution in [1.29, 1.82) is 0 Å². The molecule has 0 bridgehead atoms. The van der Waals surface area contributed by atoms with E-state index in [0.717, 1.165) is 16.6 Å². The lowest BCUT2D eigenvalue weighted by atomic mass is 10.2. The minimum absolute atomic E-state index is 0.184. The van der Waals surface area contributed by atoms with E-state index in [1.54, 1.807) is 18.5 Å². The molecule has 0 aliphatic heterocycles. The number of aromatic amines is 1. The molecular formula is C8H7N2O. The van der Waals surface area contributed by atoms with Gasteiger partial charge in [-0.1, -0.05) is 0 Å². The third kappa shape index (κ3) is 0.897. The zero-order chi connectivity index (χ0) is 7.68. The SMILES string of the molecule is [O]Cc1ccnc2[nH]ccc12. The molecule has 1 radical (unpaired) electrons. The van der Waals surface area contributed by atoms with E-state index in [1.165, 1.54) is 0 Å². The fraction of sp³-hybridized carbons (Fsp3) is 0.125. The maximum atomic E-state index is 10.6. The Balaban J connectivity index is 2.79. The Morgan fingerprint density at radius 2 is 2.36 bits per heavy atom. The number of pyridine rings is 1. The van der Waals surface area contributed by atoms with E-state index in [4.69, 9.17) is 0 Å². The van der Waals surface area contributed by atoms with Crippen LogP contribution in [-0.2, 0) is 11.7 Å². The maximum absolute atomic E-state index is 10.6. The van der Waals surface area contributed by atoms with Crippen molar-refractivity contribution in [2.24, 2.45) is 0 Å². The summed E-state index contributed by atoms with van der Waals surface area (Å²) in [6, 6.07) is 3.62. The molecule has 2 heterocycles. The summed E-state index contributed by atoms with van der Waals surface area (Å²) in [6.45, 7) is -0.184. The van der Waals surface area contributed by atoms with Gasteiger partial charge >= 0.3 is 0 Å². The summed E-state index contributed by atoms with van der Waals surface area (Å²) in [5, 5.41) is 11.5. The van der Waals surface area contributed by atoms with Crippen molar-refractivity contribution in [3.8, 4) is 0 Å². The summed E-state index contributed by atoms with van der Waals surface area (Å²) in [6.07, 6.45) is 3.43. The number of aromatic nitrogens is 2. The van der Waals surface area contributed by atoms with Crippen LogP contribution < -0.4 is 0 Å². The lowest BCUT2D eigenvalue weighted by Crippen LogP contribution is -1.83. The Bertz CT molecular complexity index is 367. The second kappa shape index (κ2) is 2.36. The minimum Gasteiger partial charge on any atom is -0.346 e. The molecule has 0 fully saturated rings. The van der Waals surface area contributed by atoms with E-state index in [1.807, 2.05) is 6.07 Å². The Labute approximate surface area is 63.7 Å². The van der Waals surface area contributed by atoms with Gasteiger partial charge in [0.15, 0.2) is 0 Å². The third-order valence-corrected chi connectivity index (χ3v) is 1.71. The van der Waals surface area contributed by atoms with Crippen molar-refractivity contribution in [2.75, 3.05) is 0 Å². The van der Waals surface area contributed by atoms with Crippen LogP contribution in [0, 0.1) is 0 Å². The molecule has 0 saturated carbocycles. The summed E-state index contributed by atoms with van der Waals surface area (Å²) < 4.78 is 0. The molecule has 0 saturated heterocycles. The molecule has 55 valence electrons. The number of rotatable bonds is 1. The highest BCUT2D eigenvalue weighted by Gasteiger charge is 1.99. The highest BCUT2D eigenvalue weighted by atomic mass is 16.3. The molecule has 0 amide bonds. The predicted molar refractivity (Wildman–Crippen MR) is 40.5 cm³/mol. The van der Waals surface area contributed by atoms with Crippen LogP contribution in [-0.4, -0.2) is 9.97 Å². The van der Waals surface area contributed by atoms with Crippen LogP contribution in [0.1, 0.15) is 5.56 Å². The Morgan fingerprint density at radius 1 is 1.45 bits per heavy atom. The molecule has 3 heteroatoms. The molecule has 0 atom stereocenters. The molecule has 11 heavy (non-hydrogen) atoms. The van der Waals surface area contributed by atoms with Gasteiger partial charge in [-0.25, -0.2) is 10.1 Å². The van der Waals surface area contributed by atoms with Crippen LogP contribution in [0.25, 0.3) is 11.0 Å². The molecular weight excluding hydrogens is 140 g/mol. The van der Waals surface area contributed by atoms with E-state index in [0.29, 0.717) is 0 Å². The molecule has 3 nitrogen and oxygen atoms in total. The monoisotopic (exact) mass is 147 g/mol. The first-order valence-electron chi connectivity index (χ1n) is 3.41. The Morgan fingerprint density at radius 3 is 3.18 bits per heavy atom. The highest BCUT2D eigenvalue weighted by molar-refractivity contribution is 5.78. The first-order valence-corrected chi connectivity index (χ1v) is 3.41. The van der Waals surface area contributed by atoms with Crippen molar-refractivity contribution in [3.63, 3.8) is 0 Å². The second-order valence-electron chi connectivity index (χ2n) is 2.35. The van der Waals surface area contributed by atoms with E-state index in [-0.39, 0.29) is 6.61 Å². The first-order chi connectivity index (χ1) is 5.42. The zero-order valence-corrected chi connectivity index (χ0v) is 5.87. The second-order valence-corrected chi connectivity index (χ2v) is 2.35. The van der Waals surface area contributed by atoms with Gasteiger partial charge in [0.1, 0.15) is 12.3 Å². The van der Waals surface area contributed by atoms with E-state index in [2.05, 4.69) is 9.97 Å². The van der Waals surface area contributed by atoms with Crippen LogP contribution in [0.3, 0.4) is 0 Å². The van der Waals surface area contributed by atoms with Gasteiger partial charge in [0.05, 0.1) is 0 Å². The fourth-order valence-corrected chi connectivity index (χ4v) is 1.14. The molecule has 0 spiro atoms. The summed E-state index contributed by atoms with van der Waals surface area (Å²) in [4.78, 5) is 7.00. The van der Waals surface area contributed by atoms with E-state index >= 15 is 0 Å². The van der Waals surface area contributed by atoms with Crippen LogP contribution >= 0.6 is 0 Å². The number of fused-ring (bicyclic) bond motifs is 1. The first kappa shape index (κ1) is 6.37. The molecule has 2 aromatic heterocycles.